The number of carbonyl (C=O) groups is 1. The van der Waals surface area contributed by atoms with Crippen LogP contribution in [0.5, 0.6) is 11.5 Å². The molecule has 3 rings (SSSR count). The molecule has 1 N–H and O–H groups in total. The fourth-order valence-electron chi connectivity index (χ4n) is 2.49. The maximum Gasteiger partial charge on any atom is 0.339 e. The van der Waals surface area contributed by atoms with Crippen molar-refractivity contribution >= 4 is 48.4 Å². The van der Waals surface area contributed by atoms with Crippen molar-refractivity contribution in [2.24, 2.45) is 0 Å². The summed E-state index contributed by atoms with van der Waals surface area (Å²) in [6.07, 6.45) is 2.18. The quantitative estimate of drug-likeness (QED) is 0.201. The standard InChI is InChI=1S/C20H16N4O7S3/c1-30-17-11-13(8-9-16(17)31-34(28,29)15-6-4-3-5-7-15)10-14(12-21)18(25)22-19-23-24-20(32-19)33(2,26)27/h3-11H,1-2H3,(H,22,23,25)/b14-10-. The first-order valence-electron chi connectivity index (χ1n) is 9.18. The number of hydrogen-bond acceptors (Lipinski definition) is 11. The van der Waals surface area contributed by atoms with Gasteiger partial charge in [0.1, 0.15) is 16.5 Å². The third-order valence-electron chi connectivity index (χ3n) is 4.04. The maximum absolute atomic E-state index is 12.5. The van der Waals surface area contributed by atoms with Crippen molar-refractivity contribution in [1.29, 1.82) is 5.26 Å². The maximum atomic E-state index is 12.5. The van der Waals surface area contributed by atoms with Gasteiger partial charge in [-0.15, -0.1) is 10.2 Å². The monoisotopic (exact) mass is 520 g/mol. The van der Waals surface area contributed by atoms with Gasteiger partial charge in [-0.3, -0.25) is 10.1 Å². The van der Waals surface area contributed by atoms with E-state index in [1.807, 2.05) is 0 Å². The van der Waals surface area contributed by atoms with E-state index in [-0.39, 0.29) is 31.4 Å². The van der Waals surface area contributed by atoms with E-state index < -0.39 is 25.9 Å². The lowest BCUT2D eigenvalue weighted by atomic mass is 10.1. The first-order chi connectivity index (χ1) is 16.0. The normalized spacial score (nSPS) is 12.0. The van der Waals surface area contributed by atoms with Crippen molar-refractivity contribution in [1.82, 2.24) is 10.2 Å². The second-order valence-corrected chi connectivity index (χ2v) is 11.2. The minimum Gasteiger partial charge on any atom is -0.493 e. The highest BCUT2D eigenvalue weighted by atomic mass is 32.2. The molecule has 3 aromatic rings. The van der Waals surface area contributed by atoms with E-state index in [1.165, 1.54) is 43.5 Å². The average molecular weight is 521 g/mol. The lowest BCUT2D eigenvalue weighted by molar-refractivity contribution is -0.112. The van der Waals surface area contributed by atoms with Gasteiger partial charge in [-0.25, -0.2) is 8.42 Å². The van der Waals surface area contributed by atoms with E-state index in [4.69, 9.17) is 8.92 Å². The third kappa shape index (κ3) is 5.95. The molecular formula is C20H16N4O7S3. The zero-order chi connectivity index (χ0) is 24.9. The first kappa shape index (κ1) is 24.8. The zero-order valence-electron chi connectivity index (χ0n) is 17.6. The lowest BCUT2D eigenvalue weighted by Crippen LogP contribution is -2.13. The molecule has 11 nitrogen and oxygen atoms in total. The van der Waals surface area contributed by atoms with Gasteiger partial charge >= 0.3 is 10.1 Å². The van der Waals surface area contributed by atoms with Crippen LogP contribution >= 0.6 is 11.3 Å². The van der Waals surface area contributed by atoms with Gasteiger partial charge in [0.05, 0.1) is 7.11 Å². The van der Waals surface area contributed by atoms with E-state index in [2.05, 4.69) is 15.5 Å². The summed E-state index contributed by atoms with van der Waals surface area (Å²) in [5, 5.41) is 18.6. The highest BCUT2D eigenvalue weighted by Crippen LogP contribution is 2.31. The summed E-state index contributed by atoms with van der Waals surface area (Å²) in [4.78, 5) is 12.4. The fourth-order valence-corrected chi connectivity index (χ4v) is 4.95. The van der Waals surface area contributed by atoms with Gasteiger partial charge in [-0.1, -0.05) is 35.6 Å². The molecule has 0 spiro atoms. The molecule has 0 fully saturated rings. The van der Waals surface area contributed by atoms with Crippen LogP contribution in [0.1, 0.15) is 5.56 Å². The Morgan fingerprint density at radius 2 is 1.79 bits per heavy atom. The number of hydrogen-bond donors (Lipinski definition) is 1. The molecule has 0 atom stereocenters. The van der Waals surface area contributed by atoms with E-state index in [0.29, 0.717) is 16.9 Å². The van der Waals surface area contributed by atoms with Crippen molar-refractivity contribution in [2.75, 3.05) is 18.7 Å². The summed E-state index contributed by atoms with van der Waals surface area (Å²) in [6, 6.07) is 13.4. The molecule has 1 heterocycles. The number of carbonyl (C=O) groups excluding carboxylic acids is 1. The molecule has 0 saturated carbocycles. The van der Waals surface area contributed by atoms with E-state index in [0.717, 1.165) is 6.26 Å². The number of amides is 1. The highest BCUT2D eigenvalue weighted by Gasteiger charge is 2.20. The summed E-state index contributed by atoms with van der Waals surface area (Å²) in [5.41, 5.74) is 0.00540. The number of benzene rings is 2. The van der Waals surface area contributed by atoms with Crippen molar-refractivity contribution in [3.63, 3.8) is 0 Å². The molecular weight excluding hydrogens is 504 g/mol. The molecule has 0 bridgehead atoms. The molecule has 1 aromatic heterocycles. The Labute approximate surface area is 199 Å². The zero-order valence-corrected chi connectivity index (χ0v) is 20.1. The van der Waals surface area contributed by atoms with Crippen LogP contribution in [-0.4, -0.2) is 46.3 Å². The van der Waals surface area contributed by atoms with Crippen LogP contribution in [0.15, 0.2) is 63.3 Å². The van der Waals surface area contributed by atoms with Crippen molar-refractivity contribution < 1.29 is 30.6 Å². The SMILES string of the molecule is COc1cc(/C=C(/C#N)C(=O)Nc2nnc(S(C)(=O)=O)s2)ccc1OS(=O)(=O)c1ccccc1. The van der Waals surface area contributed by atoms with Crippen LogP contribution in [0, 0.1) is 11.3 Å². The molecule has 176 valence electrons. The van der Waals surface area contributed by atoms with E-state index in [1.54, 1.807) is 24.3 Å². The van der Waals surface area contributed by atoms with Crippen molar-refractivity contribution in [3.05, 3.63) is 59.7 Å². The summed E-state index contributed by atoms with van der Waals surface area (Å²) < 4.78 is 58.0. The number of aromatic nitrogens is 2. The Bertz CT molecular complexity index is 1510. The average Bonchev–Trinajstić information content (AvgIpc) is 3.27. The predicted molar refractivity (Wildman–Crippen MR) is 122 cm³/mol. The summed E-state index contributed by atoms with van der Waals surface area (Å²) in [5.74, 6) is -0.883. The topological polar surface area (TPSA) is 165 Å². The molecule has 0 aliphatic rings. The van der Waals surface area contributed by atoms with Gasteiger partial charge in [0, 0.05) is 6.26 Å². The van der Waals surface area contributed by atoms with Crippen molar-refractivity contribution in [3.8, 4) is 17.6 Å². The third-order valence-corrected chi connectivity index (χ3v) is 7.80. The molecule has 0 aliphatic heterocycles. The van der Waals surface area contributed by atoms with Crippen LogP contribution in [0.3, 0.4) is 0 Å². The van der Waals surface area contributed by atoms with Crippen LogP contribution in [0.25, 0.3) is 6.08 Å². The molecule has 1 amide bonds. The number of sulfone groups is 1. The summed E-state index contributed by atoms with van der Waals surface area (Å²) >= 11 is 0.642. The van der Waals surface area contributed by atoms with Crippen molar-refractivity contribution in [2.45, 2.75) is 9.24 Å². The van der Waals surface area contributed by atoms with E-state index in [9.17, 15) is 26.9 Å². The van der Waals surface area contributed by atoms with Gasteiger partial charge in [0.15, 0.2) is 11.5 Å². The minimum atomic E-state index is -4.11. The second kappa shape index (κ2) is 10.00. The number of anilines is 1. The number of methoxy groups -OCH3 is 1. The summed E-state index contributed by atoms with van der Waals surface area (Å²) in [7, 11) is -6.40. The van der Waals surface area contributed by atoms with Crippen LogP contribution < -0.4 is 14.2 Å². The summed E-state index contributed by atoms with van der Waals surface area (Å²) in [6.45, 7) is 0. The van der Waals surface area contributed by atoms with Gasteiger partial charge in [-0.2, -0.15) is 13.7 Å². The Balaban J connectivity index is 1.83. The predicted octanol–water partition coefficient (Wildman–Crippen LogP) is 2.26. The van der Waals surface area contributed by atoms with Gasteiger partial charge in [-0.05, 0) is 35.9 Å². The Morgan fingerprint density at radius 1 is 1.09 bits per heavy atom. The molecule has 2 aromatic carbocycles. The largest absolute Gasteiger partial charge is 0.493 e. The minimum absolute atomic E-state index is 0.0415. The molecule has 34 heavy (non-hydrogen) atoms. The Hall–Kier alpha value is -3.80. The number of nitrogens with one attached hydrogen (secondary N) is 1. The molecule has 0 unspecified atom stereocenters. The first-order valence-corrected chi connectivity index (χ1v) is 13.3. The van der Waals surface area contributed by atoms with E-state index >= 15 is 0 Å². The highest BCUT2D eigenvalue weighted by molar-refractivity contribution is 7.92. The Kier molecular flexibility index (Phi) is 7.30. The fraction of sp³-hybridized carbons (Fsp3) is 0.100. The van der Waals surface area contributed by atoms with Crippen LogP contribution in [-0.2, 0) is 24.7 Å². The molecule has 14 heteroatoms. The van der Waals surface area contributed by atoms with Gasteiger partial charge in [0.2, 0.25) is 19.3 Å². The second-order valence-electron chi connectivity index (χ2n) is 6.53. The van der Waals surface area contributed by atoms with Crippen LogP contribution in [0.4, 0.5) is 5.13 Å². The lowest BCUT2D eigenvalue weighted by Gasteiger charge is -2.11. The molecule has 0 aliphatic carbocycles. The number of ether oxygens (including phenoxy) is 1. The Morgan fingerprint density at radius 3 is 2.38 bits per heavy atom. The molecule has 0 saturated heterocycles. The smallest absolute Gasteiger partial charge is 0.339 e. The number of nitriles is 1. The van der Waals surface area contributed by atoms with Crippen LogP contribution in [0.2, 0.25) is 0 Å². The van der Waals surface area contributed by atoms with Gasteiger partial charge in [0.25, 0.3) is 5.91 Å². The number of nitrogens with zero attached hydrogens (tertiary/aromatic N) is 3. The molecule has 0 radical (unpaired) electrons. The van der Waals surface area contributed by atoms with Gasteiger partial charge < -0.3 is 8.92 Å². The number of rotatable bonds is 8.